The molecule has 0 amide bonds. The second-order valence-corrected chi connectivity index (χ2v) is 6.28. The van der Waals surface area contributed by atoms with Crippen molar-refractivity contribution in [2.24, 2.45) is 0 Å². The molecule has 0 aliphatic carbocycles. The fourth-order valence-corrected chi connectivity index (χ4v) is 2.86. The van der Waals surface area contributed by atoms with E-state index in [4.69, 9.17) is 0 Å². The Bertz CT molecular complexity index is 234. The summed E-state index contributed by atoms with van der Waals surface area (Å²) in [6.45, 7) is 3.84. The van der Waals surface area contributed by atoms with E-state index in [1.54, 1.807) is 6.92 Å². The lowest BCUT2D eigenvalue weighted by Crippen LogP contribution is -2.22. The molecule has 0 radical (unpaired) electrons. The lowest BCUT2D eigenvalue weighted by molar-refractivity contribution is 0.244. The first-order valence-corrected chi connectivity index (χ1v) is 7.65. The van der Waals surface area contributed by atoms with Crippen LogP contribution in [-0.2, 0) is 9.84 Å². The Morgan fingerprint density at radius 1 is 1.00 bits per heavy atom. The smallest absolute Gasteiger partial charge is 0.176 e. The monoisotopic (exact) mass is 236 g/mol. The molecule has 0 aliphatic rings. The molecule has 15 heavy (non-hydrogen) atoms. The van der Waals surface area contributed by atoms with Crippen LogP contribution in [0.4, 0.5) is 0 Å². The second kappa shape index (κ2) is 8.11. The summed E-state index contributed by atoms with van der Waals surface area (Å²) in [5, 5.41) is 9.24. The summed E-state index contributed by atoms with van der Waals surface area (Å²) in [4.78, 5) is 0. The van der Waals surface area contributed by atoms with Gasteiger partial charge in [-0.05, 0) is 12.8 Å². The zero-order valence-corrected chi connectivity index (χ0v) is 10.7. The van der Waals surface area contributed by atoms with Gasteiger partial charge < -0.3 is 5.11 Å². The molecule has 3 nitrogen and oxygen atoms in total. The van der Waals surface area contributed by atoms with Crippen LogP contribution in [0.25, 0.3) is 0 Å². The largest absolute Gasteiger partial charge is 0.377 e. The second-order valence-electron chi connectivity index (χ2n) is 4.00. The van der Waals surface area contributed by atoms with Crippen molar-refractivity contribution in [1.29, 1.82) is 0 Å². The zero-order valence-electron chi connectivity index (χ0n) is 9.91. The summed E-state index contributed by atoms with van der Waals surface area (Å²) < 4.78 is 22.8. The van der Waals surface area contributed by atoms with Gasteiger partial charge in [0.25, 0.3) is 0 Å². The predicted molar refractivity (Wildman–Crippen MR) is 63.5 cm³/mol. The molecule has 92 valence electrons. The zero-order chi connectivity index (χ0) is 11.7. The summed E-state index contributed by atoms with van der Waals surface area (Å²) in [5.41, 5.74) is -1.16. The Morgan fingerprint density at radius 2 is 1.53 bits per heavy atom. The van der Waals surface area contributed by atoms with Gasteiger partial charge in [-0.1, -0.05) is 46.0 Å². The molecule has 0 aromatic heterocycles. The Labute approximate surface area is 93.8 Å². The maximum atomic E-state index is 11.4. The highest BCUT2D eigenvalue weighted by Crippen LogP contribution is 2.09. The molecular weight excluding hydrogens is 212 g/mol. The summed E-state index contributed by atoms with van der Waals surface area (Å²) in [6, 6.07) is 0. The molecule has 1 unspecified atom stereocenters. The number of unbranched alkanes of at least 4 members (excludes halogenated alkanes) is 5. The number of hydrogen-bond donors (Lipinski definition) is 1. The molecule has 0 aromatic rings. The summed E-state index contributed by atoms with van der Waals surface area (Å²) in [6.07, 6.45) is 6.65. The van der Waals surface area contributed by atoms with Crippen LogP contribution in [0.2, 0.25) is 0 Å². The average Bonchev–Trinajstić information content (AvgIpc) is 2.22. The van der Waals surface area contributed by atoms with E-state index in [9.17, 15) is 13.5 Å². The average molecular weight is 236 g/mol. The van der Waals surface area contributed by atoms with Gasteiger partial charge >= 0.3 is 0 Å². The van der Waals surface area contributed by atoms with Gasteiger partial charge in [0, 0.05) is 0 Å². The van der Waals surface area contributed by atoms with Crippen molar-refractivity contribution in [2.45, 2.75) is 64.2 Å². The maximum absolute atomic E-state index is 11.4. The van der Waals surface area contributed by atoms with E-state index >= 15 is 0 Å². The lowest BCUT2D eigenvalue weighted by atomic mass is 10.1. The van der Waals surface area contributed by atoms with Gasteiger partial charge in [0.15, 0.2) is 15.3 Å². The number of aliphatic hydroxyl groups is 1. The van der Waals surface area contributed by atoms with Crippen LogP contribution in [0.5, 0.6) is 0 Å². The van der Waals surface area contributed by atoms with Gasteiger partial charge in [0.05, 0.1) is 5.75 Å². The fraction of sp³-hybridized carbons (Fsp3) is 1.00. The summed E-state index contributed by atoms with van der Waals surface area (Å²) >= 11 is 0. The van der Waals surface area contributed by atoms with Crippen LogP contribution in [0, 0.1) is 0 Å². The molecule has 1 N–H and O–H groups in total. The third-order valence-corrected chi connectivity index (χ3v) is 4.57. The van der Waals surface area contributed by atoms with Gasteiger partial charge in [-0.3, -0.25) is 0 Å². The first kappa shape index (κ1) is 14.9. The van der Waals surface area contributed by atoms with Crippen LogP contribution >= 0.6 is 0 Å². The van der Waals surface area contributed by atoms with Crippen molar-refractivity contribution in [1.82, 2.24) is 0 Å². The van der Waals surface area contributed by atoms with E-state index in [-0.39, 0.29) is 12.2 Å². The first-order valence-electron chi connectivity index (χ1n) is 5.94. The van der Waals surface area contributed by atoms with Crippen molar-refractivity contribution >= 4 is 9.84 Å². The van der Waals surface area contributed by atoms with Crippen molar-refractivity contribution in [3.8, 4) is 0 Å². The maximum Gasteiger partial charge on any atom is 0.176 e. The van der Waals surface area contributed by atoms with Crippen molar-refractivity contribution in [2.75, 3.05) is 5.75 Å². The van der Waals surface area contributed by atoms with Gasteiger partial charge in [-0.2, -0.15) is 0 Å². The van der Waals surface area contributed by atoms with Crippen LogP contribution in [0.15, 0.2) is 0 Å². The number of rotatable bonds is 9. The van der Waals surface area contributed by atoms with Crippen molar-refractivity contribution in [3.63, 3.8) is 0 Å². The third-order valence-electron chi connectivity index (χ3n) is 2.55. The van der Waals surface area contributed by atoms with Gasteiger partial charge in [0.1, 0.15) is 0 Å². The normalized spacial score (nSPS) is 14.1. The van der Waals surface area contributed by atoms with E-state index in [1.807, 2.05) is 0 Å². The lowest BCUT2D eigenvalue weighted by Gasteiger charge is -2.09. The Hall–Kier alpha value is -0.0900. The SMILES string of the molecule is CCCCCCCCS(=O)(=O)C(O)CC. The highest BCUT2D eigenvalue weighted by atomic mass is 32.2. The Balaban J connectivity index is 3.58. The third kappa shape index (κ3) is 6.90. The first-order chi connectivity index (χ1) is 7.04. The van der Waals surface area contributed by atoms with E-state index in [2.05, 4.69) is 6.92 Å². The Morgan fingerprint density at radius 3 is 2.07 bits per heavy atom. The summed E-state index contributed by atoms with van der Waals surface area (Å²) in [7, 11) is -3.25. The number of aliphatic hydroxyl groups excluding tert-OH is 1. The van der Waals surface area contributed by atoms with Crippen LogP contribution in [-0.4, -0.2) is 24.7 Å². The molecule has 0 bridgehead atoms. The summed E-state index contributed by atoms with van der Waals surface area (Å²) in [5.74, 6) is 0.133. The highest BCUT2D eigenvalue weighted by molar-refractivity contribution is 7.91. The van der Waals surface area contributed by atoms with E-state index in [0.29, 0.717) is 6.42 Å². The quantitative estimate of drug-likeness (QED) is 0.626. The highest BCUT2D eigenvalue weighted by Gasteiger charge is 2.19. The van der Waals surface area contributed by atoms with Crippen molar-refractivity contribution in [3.05, 3.63) is 0 Å². The van der Waals surface area contributed by atoms with Crippen molar-refractivity contribution < 1.29 is 13.5 Å². The van der Waals surface area contributed by atoms with Crippen LogP contribution in [0.1, 0.15) is 58.8 Å². The van der Waals surface area contributed by atoms with E-state index in [1.165, 1.54) is 19.3 Å². The molecule has 0 heterocycles. The molecule has 4 heteroatoms. The number of sulfone groups is 1. The minimum atomic E-state index is -3.25. The van der Waals surface area contributed by atoms with Gasteiger partial charge in [0.2, 0.25) is 0 Å². The van der Waals surface area contributed by atoms with Gasteiger partial charge in [-0.15, -0.1) is 0 Å². The fourth-order valence-electron chi connectivity index (χ4n) is 1.47. The molecule has 0 spiro atoms. The van der Waals surface area contributed by atoms with E-state index in [0.717, 1.165) is 12.8 Å². The molecule has 0 fully saturated rings. The predicted octanol–water partition coefficient (Wildman–Crippen LogP) is 2.49. The standard InChI is InChI=1S/C11H24O3S/c1-3-5-6-7-8-9-10-15(13,14)11(12)4-2/h11-12H,3-10H2,1-2H3. The van der Waals surface area contributed by atoms with E-state index < -0.39 is 15.3 Å². The molecule has 0 aromatic carbocycles. The van der Waals surface area contributed by atoms with Gasteiger partial charge in [-0.25, -0.2) is 8.42 Å². The molecule has 1 atom stereocenters. The minimum absolute atomic E-state index is 0.133. The molecule has 0 aliphatic heterocycles. The topological polar surface area (TPSA) is 54.4 Å². The molecular formula is C11H24O3S. The van der Waals surface area contributed by atoms with Crippen LogP contribution in [0.3, 0.4) is 0 Å². The molecule has 0 saturated carbocycles. The molecule has 0 rings (SSSR count). The number of hydrogen-bond acceptors (Lipinski definition) is 3. The van der Waals surface area contributed by atoms with Crippen LogP contribution < -0.4 is 0 Å². The molecule has 0 saturated heterocycles. The minimum Gasteiger partial charge on any atom is -0.377 e. The Kier molecular flexibility index (Phi) is 8.06.